The Balaban J connectivity index is 1.84. The highest BCUT2D eigenvalue weighted by molar-refractivity contribution is 6.03. The lowest BCUT2D eigenvalue weighted by Crippen LogP contribution is -2.65. The van der Waals surface area contributed by atoms with Gasteiger partial charge < -0.3 is 22.6 Å². The van der Waals surface area contributed by atoms with Gasteiger partial charge in [0.2, 0.25) is 0 Å². The first-order valence-corrected chi connectivity index (χ1v) is 11.4. The predicted octanol–water partition coefficient (Wildman–Crippen LogP) is 3.54. The smallest absolute Gasteiger partial charge is 0.156 e. The first kappa shape index (κ1) is 20.9. The van der Waals surface area contributed by atoms with Crippen molar-refractivity contribution in [3.05, 3.63) is 46.6 Å². The number of rotatable bonds is 3. The van der Waals surface area contributed by atoms with Crippen LogP contribution in [0.4, 0.5) is 17.2 Å². The van der Waals surface area contributed by atoms with Gasteiger partial charge in [0.15, 0.2) is 5.69 Å². The molecule has 3 aliphatic rings. The number of hydrogen-bond acceptors (Lipinski definition) is 5. The molecule has 7 heteroatoms. The number of nitrogens with zero attached hydrogens (tertiary/aromatic N) is 2. The molecule has 2 fully saturated rings. The fourth-order valence-corrected chi connectivity index (χ4v) is 7.47. The third kappa shape index (κ3) is 2.43. The van der Waals surface area contributed by atoms with Gasteiger partial charge in [-0.2, -0.15) is 0 Å². The molecule has 1 aromatic carbocycles. The lowest BCUT2D eigenvalue weighted by molar-refractivity contribution is 0.0310. The minimum Gasteiger partial charge on any atom is -0.398 e. The second-order valence-electron chi connectivity index (χ2n) is 10.6. The van der Waals surface area contributed by atoms with Crippen LogP contribution in [0.3, 0.4) is 0 Å². The van der Waals surface area contributed by atoms with Crippen LogP contribution in [0, 0.1) is 28.6 Å². The van der Waals surface area contributed by atoms with E-state index in [9.17, 15) is 0 Å². The van der Waals surface area contributed by atoms with Crippen LogP contribution in [0.25, 0.3) is 0 Å². The van der Waals surface area contributed by atoms with Crippen LogP contribution in [0.2, 0.25) is 0 Å². The number of anilines is 2. The number of hydrogen-bond donors (Lipinski definition) is 5. The summed E-state index contributed by atoms with van der Waals surface area (Å²) in [5.41, 5.74) is 24.1. The first-order valence-electron chi connectivity index (χ1n) is 11.4. The van der Waals surface area contributed by atoms with Crippen LogP contribution in [0.1, 0.15) is 61.3 Å². The van der Waals surface area contributed by atoms with Crippen molar-refractivity contribution in [2.24, 2.45) is 23.5 Å². The molecule has 2 unspecified atom stereocenters. The summed E-state index contributed by atoms with van der Waals surface area (Å²) in [5, 5.41) is 16.6. The molecule has 168 valence electrons. The van der Waals surface area contributed by atoms with Gasteiger partial charge in [0.1, 0.15) is 17.2 Å². The third-order valence-electron chi connectivity index (χ3n) is 9.09. The molecule has 8 N–H and O–H groups in total. The molecule has 7 nitrogen and oxygen atoms in total. The van der Waals surface area contributed by atoms with Crippen molar-refractivity contribution in [3.8, 4) is 0 Å². The summed E-state index contributed by atoms with van der Waals surface area (Å²) >= 11 is 0. The normalized spacial score (nSPS) is 31.8. The molecule has 0 spiro atoms. The number of pyridine rings is 1. The maximum Gasteiger partial charge on any atom is 0.156 e. The number of nitrogens with two attached hydrogens (primary N) is 3. The fraction of sp³-hybridized carbons (Fsp3) is 0.480. The maximum absolute atomic E-state index is 8.51. The van der Waals surface area contributed by atoms with Gasteiger partial charge in [0.25, 0.3) is 0 Å². The van der Waals surface area contributed by atoms with E-state index in [0.29, 0.717) is 50.9 Å². The average Bonchev–Trinajstić information content (AvgIpc) is 3.33. The summed E-state index contributed by atoms with van der Waals surface area (Å²) in [5.74, 6) is 2.42. The van der Waals surface area contributed by atoms with Crippen molar-refractivity contribution in [1.29, 1.82) is 10.8 Å². The van der Waals surface area contributed by atoms with Gasteiger partial charge in [0, 0.05) is 45.5 Å². The van der Waals surface area contributed by atoms with Gasteiger partial charge in [0.05, 0.1) is 20.3 Å². The number of fused-ring (bicyclic) bond motifs is 7. The molecule has 5 atom stereocenters. The quantitative estimate of drug-likeness (QED) is 0.219. The summed E-state index contributed by atoms with van der Waals surface area (Å²) in [6.07, 6.45) is 5.62. The summed E-state index contributed by atoms with van der Waals surface area (Å²) < 4.78 is 0.599. The molecule has 2 aliphatic carbocycles. The topological polar surface area (TPSA) is 139 Å². The number of nitrogen functional groups attached to an aromatic ring is 3. The predicted molar refractivity (Wildman–Crippen MR) is 131 cm³/mol. The lowest BCUT2D eigenvalue weighted by atomic mass is 9.59. The third-order valence-corrected chi connectivity index (χ3v) is 9.09. The molecule has 32 heavy (non-hydrogen) atoms. The average molecular weight is 433 g/mol. The summed E-state index contributed by atoms with van der Waals surface area (Å²) in [6.45, 7) is 4.18. The monoisotopic (exact) mass is 432 g/mol. The Hall–Kier alpha value is -2.93. The molecular weight excluding hydrogens is 398 g/mol. The summed E-state index contributed by atoms with van der Waals surface area (Å²) in [4.78, 5) is 4.55. The fourth-order valence-electron chi connectivity index (χ4n) is 7.47. The molecule has 2 bridgehead atoms. The molecule has 0 saturated heterocycles. The Morgan fingerprint density at radius 3 is 2.50 bits per heavy atom. The number of quaternary nitrogens is 1. The Morgan fingerprint density at radius 2 is 1.84 bits per heavy atom. The van der Waals surface area contributed by atoms with E-state index in [0.717, 1.165) is 16.8 Å². The number of amidine groups is 1. The van der Waals surface area contributed by atoms with Gasteiger partial charge >= 0.3 is 0 Å². The van der Waals surface area contributed by atoms with Crippen LogP contribution in [-0.4, -0.2) is 30.6 Å². The zero-order valence-electron chi connectivity index (χ0n) is 19.4. The van der Waals surface area contributed by atoms with Crippen LogP contribution in [-0.2, 0) is 5.54 Å². The van der Waals surface area contributed by atoms with Crippen LogP contribution in [0.5, 0.6) is 0 Å². The minimum absolute atomic E-state index is 0.00452. The van der Waals surface area contributed by atoms with Gasteiger partial charge in [-0.1, -0.05) is 6.07 Å². The summed E-state index contributed by atoms with van der Waals surface area (Å²) in [7, 11) is 4.48. The van der Waals surface area contributed by atoms with Gasteiger partial charge in [-0.3, -0.25) is 9.89 Å². The van der Waals surface area contributed by atoms with E-state index in [1.54, 1.807) is 0 Å². The molecule has 1 aromatic heterocycles. The van der Waals surface area contributed by atoms with Crippen molar-refractivity contribution in [3.63, 3.8) is 0 Å². The second kappa shape index (κ2) is 6.54. The van der Waals surface area contributed by atoms with Crippen molar-refractivity contribution in [2.75, 3.05) is 25.6 Å². The van der Waals surface area contributed by atoms with Gasteiger partial charge in [-0.25, -0.2) is 4.98 Å². The van der Waals surface area contributed by atoms with E-state index in [1.807, 2.05) is 25.3 Å². The Bertz CT molecular complexity index is 1170. The molecular formula is C25H34N7+. The van der Waals surface area contributed by atoms with E-state index < -0.39 is 0 Å². The number of nitrogens with one attached hydrogen (secondary N) is 2. The molecule has 1 aliphatic heterocycles. The van der Waals surface area contributed by atoms with E-state index in [1.165, 1.54) is 24.8 Å². The Morgan fingerprint density at radius 1 is 1.16 bits per heavy atom. The van der Waals surface area contributed by atoms with Crippen LogP contribution >= 0.6 is 0 Å². The van der Waals surface area contributed by atoms with Crippen LogP contribution in [0.15, 0.2) is 24.4 Å². The van der Waals surface area contributed by atoms with Crippen molar-refractivity contribution < 1.29 is 0 Å². The van der Waals surface area contributed by atoms with Crippen molar-refractivity contribution in [1.82, 2.24) is 9.47 Å². The van der Waals surface area contributed by atoms with E-state index in [2.05, 4.69) is 32.1 Å². The zero-order valence-corrected chi connectivity index (χ0v) is 19.4. The van der Waals surface area contributed by atoms with Crippen LogP contribution < -0.4 is 21.7 Å². The maximum atomic E-state index is 8.51. The largest absolute Gasteiger partial charge is 0.398 e. The first-order chi connectivity index (χ1) is 15.0. The van der Waals surface area contributed by atoms with Crippen molar-refractivity contribution in [2.45, 2.75) is 44.6 Å². The Kier molecular flexibility index (Phi) is 4.28. The molecule has 2 saturated carbocycles. The van der Waals surface area contributed by atoms with E-state index in [-0.39, 0.29) is 11.4 Å². The standard InChI is InChI=1S/C25H34N7/c1-12(26)19-21-18(11-31-24(19)30)32(3,4)25(2,22-14-6-5-13(9-14)20(21)22)15-7-8-17(27)16(10-15)23(28)29/h7-8,10-11,13-14,20,22,26H,5-6,9,27H2,1-4H3,(H3,28,29)(H2,30,31)/q+1/t13-,14?,20-,22-,25?/m1/s1. The lowest BCUT2D eigenvalue weighted by Gasteiger charge is -2.58. The molecule has 0 amide bonds. The highest BCUT2D eigenvalue weighted by Gasteiger charge is 2.66. The number of benzene rings is 1. The zero-order chi connectivity index (χ0) is 23.2. The second-order valence-corrected chi connectivity index (χ2v) is 10.6. The SMILES string of the molecule is CC(=N)c1c(N)ncc2c1[C@H]1[C@@H]3CCC(C3)[C@H]1C(C)(c1ccc(N)c(C(=N)N)c1)[N+]2(C)C. The molecule has 5 rings (SSSR count). The Labute approximate surface area is 189 Å². The molecule has 0 radical (unpaired) electrons. The molecule has 2 aromatic rings. The molecule has 2 heterocycles. The van der Waals surface area contributed by atoms with Crippen molar-refractivity contribution >= 4 is 28.7 Å². The highest BCUT2D eigenvalue weighted by Crippen LogP contribution is 2.68. The van der Waals surface area contributed by atoms with Gasteiger partial charge in [-0.15, -0.1) is 0 Å². The van der Waals surface area contributed by atoms with E-state index in [4.69, 9.17) is 28.0 Å². The van der Waals surface area contributed by atoms with Gasteiger partial charge in [-0.05, 0) is 57.1 Å². The highest BCUT2D eigenvalue weighted by atomic mass is 15.4. The minimum atomic E-state index is -0.263. The number of aromatic nitrogens is 1. The van der Waals surface area contributed by atoms with E-state index >= 15 is 0 Å². The summed E-state index contributed by atoms with van der Waals surface area (Å²) in [6, 6.07) is 6.03.